The van der Waals surface area contributed by atoms with Crippen molar-refractivity contribution in [2.24, 2.45) is 0 Å². The summed E-state index contributed by atoms with van der Waals surface area (Å²) in [5.74, 6) is -0.432. The van der Waals surface area contributed by atoms with Crippen LogP contribution in [0.15, 0.2) is 41.5 Å². The lowest BCUT2D eigenvalue weighted by Gasteiger charge is -2.07. The van der Waals surface area contributed by atoms with Crippen molar-refractivity contribution in [3.05, 3.63) is 63.0 Å². The highest BCUT2D eigenvalue weighted by molar-refractivity contribution is 7.18. The average molecular weight is 342 g/mol. The summed E-state index contributed by atoms with van der Waals surface area (Å²) in [5, 5.41) is 0.595. The van der Waals surface area contributed by atoms with Gasteiger partial charge in [-0.05, 0) is 25.0 Å². The van der Waals surface area contributed by atoms with E-state index in [2.05, 4.69) is 4.98 Å². The molecule has 0 bridgehead atoms. The molecule has 6 heteroatoms. The number of carbonyl (C=O) groups is 1. The zero-order valence-corrected chi connectivity index (χ0v) is 14.4. The van der Waals surface area contributed by atoms with Crippen molar-refractivity contribution in [2.75, 3.05) is 6.61 Å². The number of rotatable bonds is 5. The summed E-state index contributed by atoms with van der Waals surface area (Å²) in [5.41, 5.74) is 1.84. The Hall–Kier alpha value is -2.47. The molecule has 0 aliphatic carbocycles. The smallest absolute Gasteiger partial charge is 0.326 e. The van der Waals surface area contributed by atoms with Crippen LogP contribution in [0.25, 0.3) is 10.2 Å². The fourth-order valence-corrected chi connectivity index (χ4v) is 3.48. The highest BCUT2D eigenvalue weighted by atomic mass is 32.1. The Balaban J connectivity index is 1.66. The summed E-state index contributed by atoms with van der Waals surface area (Å²) >= 11 is 1.49. The van der Waals surface area contributed by atoms with Gasteiger partial charge in [0, 0.05) is 11.3 Å². The number of carbonyl (C=O) groups excluding carboxylic acids is 1. The van der Waals surface area contributed by atoms with E-state index in [9.17, 15) is 9.59 Å². The Morgan fingerprint density at radius 1 is 1.25 bits per heavy atom. The molecule has 0 fully saturated rings. The standard InChI is InChI=1S/C18H18N2O3S/c1-12-13(2)24-17-16(12)18(22)20(11-19-17)10-15(21)23-9-8-14-6-4-3-5-7-14/h3-7,11H,8-10H2,1-2H3. The van der Waals surface area contributed by atoms with Crippen molar-refractivity contribution in [3.63, 3.8) is 0 Å². The molecular weight excluding hydrogens is 324 g/mol. The average Bonchev–Trinajstić information content (AvgIpc) is 2.86. The van der Waals surface area contributed by atoms with Crippen LogP contribution >= 0.6 is 11.3 Å². The number of nitrogens with zero attached hydrogens (tertiary/aromatic N) is 2. The molecule has 0 saturated carbocycles. The number of aromatic nitrogens is 2. The normalized spacial score (nSPS) is 10.9. The molecule has 3 rings (SSSR count). The van der Waals surface area contributed by atoms with Gasteiger partial charge < -0.3 is 4.74 Å². The van der Waals surface area contributed by atoms with Crippen LogP contribution in [-0.4, -0.2) is 22.1 Å². The van der Waals surface area contributed by atoms with E-state index in [1.807, 2.05) is 44.2 Å². The zero-order valence-electron chi connectivity index (χ0n) is 13.6. The minimum Gasteiger partial charge on any atom is -0.464 e. The molecule has 0 saturated heterocycles. The molecule has 0 unspecified atom stereocenters. The predicted octanol–water partition coefficient (Wildman–Crippen LogP) is 2.86. The Morgan fingerprint density at radius 2 is 2.00 bits per heavy atom. The zero-order chi connectivity index (χ0) is 17.1. The van der Waals surface area contributed by atoms with Gasteiger partial charge in [-0.15, -0.1) is 11.3 Å². The topological polar surface area (TPSA) is 61.2 Å². The van der Waals surface area contributed by atoms with Crippen LogP contribution < -0.4 is 5.56 Å². The van der Waals surface area contributed by atoms with Crippen molar-refractivity contribution < 1.29 is 9.53 Å². The molecule has 3 aromatic rings. The number of esters is 1. The number of hydrogen-bond donors (Lipinski definition) is 0. The van der Waals surface area contributed by atoms with E-state index in [0.717, 1.165) is 16.0 Å². The van der Waals surface area contributed by atoms with Crippen molar-refractivity contribution in [1.29, 1.82) is 0 Å². The van der Waals surface area contributed by atoms with Gasteiger partial charge in [-0.3, -0.25) is 14.2 Å². The number of benzene rings is 1. The summed E-state index contributed by atoms with van der Waals surface area (Å²) in [6.07, 6.45) is 2.07. The van der Waals surface area contributed by atoms with Crippen molar-refractivity contribution in [1.82, 2.24) is 9.55 Å². The summed E-state index contributed by atoms with van der Waals surface area (Å²) in [7, 11) is 0. The monoisotopic (exact) mass is 342 g/mol. The van der Waals surface area contributed by atoms with E-state index < -0.39 is 5.97 Å². The second-order valence-electron chi connectivity index (χ2n) is 5.60. The molecule has 0 aliphatic heterocycles. The Kier molecular flexibility index (Phi) is 4.76. The molecule has 0 N–H and O–H groups in total. The van der Waals surface area contributed by atoms with Crippen LogP contribution in [0.1, 0.15) is 16.0 Å². The lowest BCUT2D eigenvalue weighted by molar-refractivity contribution is -0.144. The number of aryl methyl sites for hydroxylation is 2. The van der Waals surface area contributed by atoms with Gasteiger partial charge in [-0.2, -0.15) is 0 Å². The molecule has 0 spiro atoms. The summed E-state index contributed by atoms with van der Waals surface area (Å²) in [4.78, 5) is 30.5. The fraction of sp³-hybridized carbons (Fsp3) is 0.278. The third-order valence-corrected chi connectivity index (χ3v) is 5.07. The largest absolute Gasteiger partial charge is 0.464 e. The van der Waals surface area contributed by atoms with E-state index in [0.29, 0.717) is 23.2 Å². The quantitative estimate of drug-likeness (QED) is 0.669. The van der Waals surface area contributed by atoms with Crippen LogP contribution in [0.4, 0.5) is 0 Å². The second kappa shape index (κ2) is 6.97. The number of thiophene rings is 1. The summed E-state index contributed by atoms with van der Waals surface area (Å²) < 4.78 is 6.54. The summed E-state index contributed by atoms with van der Waals surface area (Å²) in [6, 6.07) is 9.81. The molecule has 1 aromatic carbocycles. The van der Waals surface area contributed by atoms with Gasteiger partial charge in [0.25, 0.3) is 5.56 Å². The fourth-order valence-electron chi connectivity index (χ4n) is 2.49. The SMILES string of the molecule is Cc1sc2ncn(CC(=O)OCCc3ccccc3)c(=O)c2c1C. The number of ether oxygens (including phenoxy) is 1. The lowest BCUT2D eigenvalue weighted by Crippen LogP contribution is -2.26. The van der Waals surface area contributed by atoms with Crippen molar-refractivity contribution in [2.45, 2.75) is 26.8 Å². The molecule has 2 heterocycles. The minimum atomic E-state index is -0.432. The van der Waals surface area contributed by atoms with Gasteiger partial charge in [0.15, 0.2) is 0 Å². The van der Waals surface area contributed by atoms with Crippen LogP contribution in [0.5, 0.6) is 0 Å². The Bertz CT molecular complexity index is 929. The first-order valence-electron chi connectivity index (χ1n) is 7.71. The molecule has 0 amide bonds. The van der Waals surface area contributed by atoms with Crippen LogP contribution in [-0.2, 0) is 22.5 Å². The number of hydrogen-bond acceptors (Lipinski definition) is 5. The van der Waals surface area contributed by atoms with Crippen LogP contribution in [0.3, 0.4) is 0 Å². The first kappa shape index (κ1) is 16.4. The van der Waals surface area contributed by atoms with Gasteiger partial charge >= 0.3 is 5.97 Å². The maximum absolute atomic E-state index is 12.5. The third kappa shape index (κ3) is 3.38. The van der Waals surface area contributed by atoms with Crippen molar-refractivity contribution in [3.8, 4) is 0 Å². The molecule has 5 nitrogen and oxygen atoms in total. The molecule has 0 radical (unpaired) electrons. The second-order valence-corrected chi connectivity index (χ2v) is 6.80. The van der Waals surface area contributed by atoms with Crippen LogP contribution in [0, 0.1) is 13.8 Å². The first-order chi connectivity index (χ1) is 11.6. The van der Waals surface area contributed by atoms with E-state index in [4.69, 9.17) is 4.74 Å². The van der Waals surface area contributed by atoms with Gasteiger partial charge in [0.1, 0.15) is 11.4 Å². The predicted molar refractivity (Wildman–Crippen MR) is 94.5 cm³/mol. The maximum atomic E-state index is 12.5. The number of fused-ring (bicyclic) bond motifs is 1. The van der Waals surface area contributed by atoms with Gasteiger partial charge in [0.05, 0.1) is 18.3 Å². The minimum absolute atomic E-state index is 0.120. The molecule has 0 aliphatic rings. The highest BCUT2D eigenvalue weighted by Crippen LogP contribution is 2.25. The summed E-state index contributed by atoms with van der Waals surface area (Å²) in [6.45, 7) is 4.04. The van der Waals surface area contributed by atoms with E-state index in [1.54, 1.807) is 0 Å². The molecular formula is C18H18N2O3S. The van der Waals surface area contributed by atoms with E-state index in [1.165, 1.54) is 22.2 Å². The van der Waals surface area contributed by atoms with Gasteiger partial charge in [-0.25, -0.2) is 4.98 Å². The van der Waals surface area contributed by atoms with Gasteiger partial charge in [-0.1, -0.05) is 30.3 Å². The first-order valence-corrected chi connectivity index (χ1v) is 8.52. The van der Waals surface area contributed by atoms with E-state index >= 15 is 0 Å². The van der Waals surface area contributed by atoms with Crippen LogP contribution in [0.2, 0.25) is 0 Å². The van der Waals surface area contributed by atoms with Gasteiger partial charge in [0.2, 0.25) is 0 Å². The lowest BCUT2D eigenvalue weighted by atomic mass is 10.2. The van der Waals surface area contributed by atoms with Crippen molar-refractivity contribution >= 4 is 27.5 Å². The molecule has 0 atom stereocenters. The third-order valence-electron chi connectivity index (χ3n) is 3.95. The molecule has 124 valence electrons. The Labute approximate surface area is 143 Å². The molecule has 24 heavy (non-hydrogen) atoms. The Morgan fingerprint density at radius 3 is 2.75 bits per heavy atom. The van der Waals surface area contributed by atoms with E-state index in [-0.39, 0.29) is 12.1 Å². The maximum Gasteiger partial charge on any atom is 0.326 e. The highest BCUT2D eigenvalue weighted by Gasteiger charge is 2.14. The molecule has 2 aromatic heterocycles.